The second-order valence-corrected chi connectivity index (χ2v) is 3.90. The molecule has 5 heteroatoms. The van der Waals surface area contributed by atoms with Crippen molar-refractivity contribution in [2.24, 2.45) is 0 Å². The lowest BCUT2D eigenvalue weighted by atomic mass is 10.2. The summed E-state index contributed by atoms with van der Waals surface area (Å²) in [7, 11) is 1.90. The summed E-state index contributed by atoms with van der Waals surface area (Å²) in [5, 5.41) is 12.9. The molecule has 0 spiro atoms. The van der Waals surface area contributed by atoms with Gasteiger partial charge in [0.2, 0.25) is 0 Å². The molecule has 0 saturated carbocycles. The molecule has 1 unspecified atom stereocenters. The molecule has 0 saturated heterocycles. The molecule has 1 atom stereocenters. The number of nitrogens with zero attached hydrogens (tertiary/aromatic N) is 2. The molecule has 4 nitrogen and oxygen atoms in total. The van der Waals surface area contributed by atoms with E-state index in [1.807, 2.05) is 13.1 Å². The molecular formula is C9H15N3OS. The van der Waals surface area contributed by atoms with Gasteiger partial charge in [-0.3, -0.25) is 0 Å². The molecule has 1 rings (SSSR count). The van der Waals surface area contributed by atoms with E-state index in [4.69, 9.17) is 5.11 Å². The molecule has 0 radical (unpaired) electrons. The van der Waals surface area contributed by atoms with E-state index in [2.05, 4.69) is 15.3 Å². The molecule has 1 aromatic heterocycles. The summed E-state index contributed by atoms with van der Waals surface area (Å²) in [6.07, 6.45) is 4.05. The van der Waals surface area contributed by atoms with E-state index in [-0.39, 0.29) is 6.61 Å². The highest BCUT2D eigenvalue weighted by Gasteiger charge is 2.05. The van der Waals surface area contributed by atoms with Crippen molar-refractivity contribution in [1.29, 1.82) is 0 Å². The standard InChI is InChI=1S/C9H15N3OS/c1-10-8(3-5-13)6-14-9-2-4-11-7-12-9/h2,4,7-8,10,13H,3,5-6H2,1H3. The van der Waals surface area contributed by atoms with E-state index in [9.17, 15) is 0 Å². The Morgan fingerprint density at radius 3 is 3.07 bits per heavy atom. The third-order valence-electron chi connectivity index (χ3n) is 1.87. The number of thioether (sulfide) groups is 1. The van der Waals surface area contributed by atoms with Gasteiger partial charge in [0.15, 0.2) is 0 Å². The van der Waals surface area contributed by atoms with Crippen LogP contribution in [0.1, 0.15) is 6.42 Å². The minimum Gasteiger partial charge on any atom is -0.396 e. The Balaban J connectivity index is 2.32. The van der Waals surface area contributed by atoms with Crippen LogP contribution in [0.5, 0.6) is 0 Å². The first-order valence-electron chi connectivity index (χ1n) is 4.53. The van der Waals surface area contributed by atoms with Gasteiger partial charge >= 0.3 is 0 Å². The summed E-state index contributed by atoms with van der Waals surface area (Å²) in [6, 6.07) is 2.22. The van der Waals surface area contributed by atoms with Crippen LogP contribution in [0.2, 0.25) is 0 Å². The van der Waals surface area contributed by atoms with E-state index in [1.54, 1.807) is 24.3 Å². The molecule has 0 aliphatic rings. The van der Waals surface area contributed by atoms with Crippen molar-refractivity contribution >= 4 is 11.8 Å². The molecule has 0 bridgehead atoms. The van der Waals surface area contributed by atoms with E-state index < -0.39 is 0 Å². The lowest BCUT2D eigenvalue weighted by Gasteiger charge is -2.13. The van der Waals surface area contributed by atoms with Crippen molar-refractivity contribution < 1.29 is 5.11 Å². The Bertz CT molecular complexity index is 245. The van der Waals surface area contributed by atoms with Crippen LogP contribution in [0.25, 0.3) is 0 Å². The van der Waals surface area contributed by atoms with Gasteiger partial charge in [0.05, 0.1) is 5.03 Å². The first kappa shape index (κ1) is 11.4. The summed E-state index contributed by atoms with van der Waals surface area (Å²) in [5.74, 6) is 0.911. The van der Waals surface area contributed by atoms with Gasteiger partial charge in [0.25, 0.3) is 0 Å². The van der Waals surface area contributed by atoms with Crippen LogP contribution < -0.4 is 5.32 Å². The number of hydrogen-bond donors (Lipinski definition) is 2. The summed E-state index contributed by atoms with van der Waals surface area (Å²) in [4.78, 5) is 7.96. The Hall–Kier alpha value is -0.650. The zero-order valence-electron chi connectivity index (χ0n) is 8.18. The molecule has 0 aliphatic heterocycles. The van der Waals surface area contributed by atoms with Gasteiger partial charge in [-0.05, 0) is 19.5 Å². The summed E-state index contributed by atoms with van der Waals surface area (Å²) < 4.78 is 0. The Labute approximate surface area is 88.2 Å². The number of aliphatic hydroxyl groups excluding tert-OH is 1. The van der Waals surface area contributed by atoms with Crippen LogP contribution in [-0.2, 0) is 0 Å². The van der Waals surface area contributed by atoms with Gasteiger partial charge < -0.3 is 10.4 Å². The molecule has 0 aromatic carbocycles. The van der Waals surface area contributed by atoms with Crippen molar-refractivity contribution in [3.63, 3.8) is 0 Å². The third-order valence-corrected chi connectivity index (χ3v) is 2.98. The highest BCUT2D eigenvalue weighted by molar-refractivity contribution is 7.99. The van der Waals surface area contributed by atoms with Gasteiger partial charge in [-0.25, -0.2) is 9.97 Å². The van der Waals surface area contributed by atoms with E-state index in [0.29, 0.717) is 6.04 Å². The van der Waals surface area contributed by atoms with Gasteiger partial charge in [-0.15, -0.1) is 11.8 Å². The maximum absolute atomic E-state index is 8.79. The predicted octanol–water partition coefficient (Wildman–Crippen LogP) is 0.539. The van der Waals surface area contributed by atoms with Crippen LogP contribution >= 0.6 is 11.8 Å². The van der Waals surface area contributed by atoms with E-state index >= 15 is 0 Å². The van der Waals surface area contributed by atoms with Gasteiger partial charge in [-0.1, -0.05) is 0 Å². The predicted molar refractivity (Wildman–Crippen MR) is 57.3 cm³/mol. The van der Waals surface area contributed by atoms with Crippen LogP contribution in [0, 0.1) is 0 Å². The lowest BCUT2D eigenvalue weighted by Crippen LogP contribution is -2.28. The molecule has 2 N–H and O–H groups in total. The van der Waals surface area contributed by atoms with Crippen molar-refractivity contribution in [2.75, 3.05) is 19.4 Å². The van der Waals surface area contributed by atoms with Crippen molar-refractivity contribution in [3.05, 3.63) is 18.6 Å². The van der Waals surface area contributed by atoms with Crippen molar-refractivity contribution in [2.45, 2.75) is 17.5 Å². The van der Waals surface area contributed by atoms with Crippen LogP contribution in [0.3, 0.4) is 0 Å². The zero-order valence-corrected chi connectivity index (χ0v) is 9.00. The van der Waals surface area contributed by atoms with Crippen molar-refractivity contribution in [3.8, 4) is 0 Å². The second kappa shape index (κ2) is 6.75. The van der Waals surface area contributed by atoms with Crippen molar-refractivity contribution in [1.82, 2.24) is 15.3 Å². The molecule has 1 heterocycles. The maximum atomic E-state index is 8.79. The summed E-state index contributed by atoms with van der Waals surface area (Å²) in [6.45, 7) is 0.218. The number of aromatic nitrogens is 2. The molecule has 1 aromatic rings. The minimum absolute atomic E-state index is 0.218. The fraction of sp³-hybridized carbons (Fsp3) is 0.556. The normalized spacial score (nSPS) is 12.7. The summed E-state index contributed by atoms with van der Waals surface area (Å²) in [5.41, 5.74) is 0. The third kappa shape index (κ3) is 4.04. The number of aliphatic hydroxyl groups is 1. The first-order chi connectivity index (χ1) is 6.86. The fourth-order valence-electron chi connectivity index (χ4n) is 1.02. The fourth-order valence-corrected chi connectivity index (χ4v) is 2.00. The Morgan fingerprint density at radius 2 is 2.50 bits per heavy atom. The molecular weight excluding hydrogens is 198 g/mol. The highest BCUT2D eigenvalue weighted by atomic mass is 32.2. The average molecular weight is 213 g/mol. The SMILES string of the molecule is CNC(CCO)CSc1ccncn1. The summed E-state index contributed by atoms with van der Waals surface area (Å²) >= 11 is 1.67. The van der Waals surface area contributed by atoms with Gasteiger partial charge in [0, 0.05) is 24.6 Å². The monoisotopic (exact) mass is 213 g/mol. The minimum atomic E-state index is 0.218. The number of nitrogens with one attached hydrogen (secondary N) is 1. The number of hydrogen-bond acceptors (Lipinski definition) is 5. The largest absolute Gasteiger partial charge is 0.396 e. The molecule has 78 valence electrons. The first-order valence-corrected chi connectivity index (χ1v) is 5.52. The van der Waals surface area contributed by atoms with Crippen LogP contribution in [-0.4, -0.2) is 40.5 Å². The van der Waals surface area contributed by atoms with Gasteiger partial charge in [-0.2, -0.15) is 0 Å². The quantitative estimate of drug-likeness (QED) is 0.533. The molecule has 14 heavy (non-hydrogen) atoms. The van der Waals surface area contributed by atoms with Gasteiger partial charge in [0.1, 0.15) is 6.33 Å². The Kier molecular flexibility index (Phi) is 5.51. The smallest absolute Gasteiger partial charge is 0.116 e. The highest BCUT2D eigenvalue weighted by Crippen LogP contribution is 2.15. The van der Waals surface area contributed by atoms with E-state index in [0.717, 1.165) is 17.2 Å². The average Bonchev–Trinajstić information content (AvgIpc) is 2.25. The Morgan fingerprint density at radius 1 is 1.64 bits per heavy atom. The zero-order chi connectivity index (χ0) is 10.2. The lowest BCUT2D eigenvalue weighted by molar-refractivity contribution is 0.273. The second-order valence-electron chi connectivity index (χ2n) is 2.86. The van der Waals surface area contributed by atoms with Crippen LogP contribution in [0.4, 0.5) is 0 Å². The number of rotatable bonds is 6. The molecule has 0 fully saturated rings. The maximum Gasteiger partial charge on any atom is 0.116 e. The topological polar surface area (TPSA) is 58.0 Å². The molecule has 0 amide bonds. The van der Waals surface area contributed by atoms with E-state index in [1.165, 1.54) is 0 Å². The van der Waals surface area contributed by atoms with Crippen LogP contribution in [0.15, 0.2) is 23.6 Å². The molecule has 0 aliphatic carbocycles.